The van der Waals surface area contributed by atoms with E-state index >= 15 is 0 Å². The molecule has 1 aliphatic carbocycles. The fraction of sp³-hybridized carbons (Fsp3) is 0.438. The third-order valence-electron chi connectivity index (χ3n) is 4.18. The lowest BCUT2D eigenvalue weighted by atomic mass is 9.75. The zero-order valence-electron chi connectivity index (χ0n) is 12.1. The monoisotopic (exact) mass is 310 g/mol. The third kappa shape index (κ3) is 2.80. The van der Waals surface area contributed by atoms with Crippen molar-refractivity contribution in [2.24, 2.45) is 0 Å². The van der Waals surface area contributed by atoms with Crippen LogP contribution in [-0.2, 0) is 6.54 Å². The van der Waals surface area contributed by atoms with Gasteiger partial charge in [-0.2, -0.15) is 13.2 Å². The van der Waals surface area contributed by atoms with Crippen LogP contribution in [0.5, 0.6) is 0 Å². The van der Waals surface area contributed by atoms with Gasteiger partial charge in [0.05, 0.1) is 5.52 Å². The number of hydrogen-bond donors (Lipinski definition) is 2. The smallest absolute Gasteiger partial charge is 0.380 e. The first-order valence-electron chi connectivity index (χ1n) is 7.16. The molecule has 0 bridgehead atoms. The van der Waals surface area contributed by atoms with Crippen molar-refractivity contribution in [3.63, 3.8) is 0 Å². The summed E-state index contributed by atoms with van der Waals surface area (Å²) in [7, 11) is 0. The zero-order chi connectivity index (χ0) is 16.0. The lowest BCUT2D eigenvalue weighted by molar-refractivity contribution is -0.292. The Morgan fingerprint density at radius 2 is 2.00 bits per heavy atom. The molecule has 2 aromatic rings. The molecule has 3 rings (SSSR count). The molecule has 0 amide bonds. The number of aryl methyl sites for hydroxylation is 1. The quantitative estimate of drug-likeness (QED) is 0.916. The van der Waals surface area contributed by atoms with Gasteiger partial charge in [0.2, 0.25) is 0 Å². The van der Waals surface area contributed by atoms with Crippen molar-refractivity contribution in [1.82, 2.24) is 10.3 Å². The molecule has 1 saturated carbocycles. The van der Waals surface area contributed by atoms with Crippen LogP contribution in [0, 0.1) is 6.92 Å². The van der Waals surface area contributed by atoms with Gasteiger partial charge in [0.1, 0.15) is 0 Å². The average Bonchev–Trinajstić information content (AvgIpc) is 2.41. The Kier molecular flexibility index (Phi) is 3.61. The van der Waals surface area contributed by atoms with Crippen LogP contribution in [0.15, 0.2) is 30.3 Å². The first kappa shape index (κ1) is 15.2. The molecule has 1 aliphatic rings. The molecule has 0 aliphatic heterocycles. The third-order valence-corrected chi connectivity index (χ3v) is 4.18. The van der Waals surface area contributed by atoms with Gasteiger partial charge >= 0.3 is 6.18 Å². The molecule has 0 atom stereocenters. The highest BCUT2D eigenvalue weighted by atomic mass is 19.4. The summed E-state index contributed by atoms with van der Waals surface area (Å²) < 4.78 is 37.6. The molecule has 0 unspecified atom stereocenters. The summed E-state index contributed by atoms with van der Waals surface area (Å²) in [5, 5.41) is 13.5. The molecule has 3 nitrogen and oxygen atoms in total. The summed E-state index contributed by atoms with van der Waals surface area (Å²) >= 11 is 0. The number of alkyl halides is 3. The highest BCUT2D eigenvalue weighted by Gasteiger charge is 2.60. The predicted octanol–water partition coefficient (Wildman–Crippen LogP) is 3.09. The summed E-state index contributed by atoms with van der Waals surface area (Å²) in [5.41, 5.74) is 0.314. The second kappa shape index (κ2) is 5.21. The van der Waals surface area contributed by atoms with Crippen LogP contribution in [0.25, 0.3) is 10.9 Å². The molecule has 0 radical (unpaired) electrons. The molecular formula is C16H17F3N2O. The predicted molar refractivity (Wildman–Crippen MR) is 77.3 cm³/mol. The molecule has 22 heavy (non-hydrogen) atoms. The van der Waals surface area contributed by atoms with E-state index in [4.69, 9.17) is 0 Å². The van der Waals surface area contributed by atoms with E-state index in [0.717, 1.165) is 22.2 Å². The van der Waals surface area contributed by atoms with Gasteiger partial charge in [-0.25, -0.2) is 0 Å². The van der Waals surface area contributed by atoms with Gasteiger partial charge in [-0.3, -0.25) is 4.98 Å². The van der Waals surface area contributed by atoms with Crippen molar-refractivity contribution in [1.29, 1.82) is 0 Å². The van der Waals surface area contributed by atoms with Gasteiger partial charge in [0.15, 0.2) is 5.60 Å². The first-order valence-corrected chi connectivity index (χ1v) is 7.16. The number of fused-ring (bicyclic) bond motifs is 1. The standard InChI is InChI=1S/C16H17F3N2O/c1-10-2-4-12-6-11(3-5-14(12)21-10)9-20-13-7-15(22,8-13)16(17,18)19/h2-6,13,20,22H,7-9H2,1H3. The van der Waals surface area contributed by atoms with Crippen LogP contribution in [0.3, 0.4) is 0 Å². The summed E-state index contributed by atoms with van der Waals surface area (Å²) in [6, 6.07) is 9.40. The Bertz CT molecular complexity index is 693. The summed E-state index contributed by atoms with van der Waals surface area (Å²) in [4.78, 5) is 4.41. The van der Waals surface area contributed by atoms with Crippen molar-refractivity contribution in [3.8, 4) is 0 Å². The maximum absolute atomic E-state index is 12.5. The molecule has 118 valence electrons. The molecule has 1 aromatic heterocycles. The van der Waals surface area contributed by atoms with E-state index in [-0.39, 0.29) is 18.9 Å². The first-order chi connectivity index (χ1) is 10.3. The van der Waals surface area contributed by atoms with E-state index in [1.807, 2.05) is 37.3 Å². The number of benzene rings is 1. The minimum absolute atomic E-state index is 0.287. The van der Waals surface area contributed by atoms with Crippen molar-refractivity contribution in [2.45, 2.75) is 44.1 Å². The largest absolute Gasteiger partial charge is 0.417 e. The fourth-order valence-corrected chi connectivity index (χ4v) is 2.78. The number of hydrogen-bond acceptors (Lipinski definition) is 3. The van der Waals surface area contributed by atoms with Gasteiger partial charge < -0.3 is 10.4 Å². The SMILES string of the molecule is Cc1ccc2cc(CNC3CC(O)(C(F)(F)F)C3)ccc2n1. The molecule has 1 heterocycles. The second-order valence-electron chi connectivity index (χ2n) is 6.00. The van der Waals surface area contributed by atoms with Gasteiger partial charge in [-0.1, -0.05) is 12.1 Å². The van der Waals surface area contributed by atoms with Crippen molar-refractivity contribution in [2.75, 3.05) is 0 Å². The molecule has 0 saturated heterocycles. The van der Waals surface area contributed by atoms with Crippen molar-refractivity contribution in [3.05, 3.63) is 41.6 Å². The number of nitrogens with zero attached hydrogens (tertiary/aromatic N) is 1. The van der Waals surface area contributed by atoms with Gasteiger partial charge in [0.25, 0.3) is 0 Å². The molecule has 2 N–H and O–H groups in total. The van der Waals surface area contributed by atoms with Gasteiger partial charge in [0, 0.05) is 36.5 Å². The maximum Gasteiger partial charge on any atom is 0.417 e. The number of halogens is 3. The van der Waals surface area contributed by atoms with Crippen LogP contribution in [0.2, 0.25) is 0 Å². The molecular weight excluding hydrogens is 293 g/mol. The average molecular weight is 310 g/mol. The van der Waals surface area contributed by atoms with E-state index in [1.54, 1.807) is 0 Å². The lowest BCUT2D eigenvalue weighted by Gasteiger charge is -2.44. The second-order valence-corrected chi connectivity index (χ2v) is 6.00. The Labute approximate surface area is 126 Å². The number of aliphatic hydroxyl groups is 1. The van der Waals surface area contributed by atoms with Gasteiger partial charge in [-0.15, -0.1) is 0 Å². The number of rotatable bonds is 3. The molecule has 6 heteroatoms. The lowest BCUT2D eigenvalue weighted by Crippen LogP contribution is -2.61. The molecule has 1 aromatic carbocycles. The number of nitrogens with one attached hydrogen (secondary N) is 1. The van der Waals surface area contributed by atoms with E-state index in [2.05, 4.69) is 10.3 Å². The fourth-order valence-electron chi connectivity index (χ4n) is 2.78. The van der Waals surface area contributed by atoms with E-state index in [0.29, 0.717) is 6.54 Å². The minimum atomic E-state index is -4.54. The Morgan fingerprint density at radius 1 is 1.27 bits per heavy atom. The van der Waals surface area contributed by atoms with Crippen molar-refractivity contribution >= 4 is 10.9 Å². The van der Waals surface area contributed by atoms with Gasteiger partial charge in [-0.05, 0) is 30.7 Å². The van der Waals surface area contributed by atoms with Crippen LogP contribution in [-0.4, -0.2) is 27.9 Å². The summed E-state index contributed by atoms with van der Waals surface area (Å²) in [6.45, 7) is 2.40. The van der Waals surface area contributed by atoms with Crippen LogP contribution >= 0.6 is 0 Å². The van der Waals surface area contributed by atoms with E-state index in [1.165, 1.54) is 0 Å². The highest BCUT2D eigenvalue weighted by molar-refractivity contribution is 5.79. The topological polar surface area (TPSA) is 45.1 Å². The summed E-state index contributed by atoms with van der Waals surface area (Å²) in [6.07, 6.45) is -5.12. The Morgan fingerprint density at radius 3 is 2.68 bits per heavy atom. The number of aromatic nitrogens is 1. The van der Waals surface area contributed by atoms with E-state index in [9.17, 15) is 18.3 Å². The highest BCUT2D eigenvalue weighted by Crippen LogP contribution is 2.45. The van der Waals surface area contributed by atoms with Crippen LogP contribution in [0.4, 0.5) is 13.2 Å². The zero-order valence-corrected chi connectivity index (χ0v) is 12.1. The molecule has 1 fully saturated rings. The summed E-state index contributed by atoms with van der Waals surface area (Å²) in [5.74, 6) is 0. The van der Waals surface area contributed by atoms with E-state index < -0.39 is 11.8 Å². The van der Waals surface area contributed by atoms with Crippen molar-refractivity contribution < 1.29 is 18.3 Å². The van der Waals surface area contributed by atoms with Crippen LogP contribution in [0.1, 0.15) is 24.1 Å². The Hall–Kier alpha value is -1.66. The van der Waals surface area contributed by atoms with Crippen LogP contribution < -0.4 is 5.32 Å². The minimum Gasteiger partial charge on any atom is -0.380 e. The molecule has 0 spiro atoms. The maximum atomic E-state index is 12.5. The Balaban J connectivity index is 1.60. The normalized spacial score (nSPS) is 25.2. The number of pyridine rings is 1.